The summed E-state index contributed by atoms with van der Waals surface area (Å²) in [5.74, 6) is -0.289. The van der Waals surface area contributed by atoms with Crippen molar-refractivity contribution in [1.29, 1.82) is 0 Å². The highest BCUT2D eigenvalue weighted by Gasteiger charge is 2.44. The lowest BCUT2D eigenvalue weighted by atomic mass is 9.82. The molecular formula is C22H27NO2. The highest BCUT2D eigenvalue weighted by Crippen LogP contribution is 2.39. The molecule has 1 heterocycles. The maximum atomic E-state index is 13.0. The van der Waals surface area contributed by atoms with Gasteiger partial charge in [0.1, 0.15) is 0 Å². The third-order valence-electron chi connectivity index (χ3n) is 5.08. The van der Waals surface area contributed by atoms with Gasteiger partial charge in [0.15, 0.2) is 0 Å². The SMILES string of the molecule is CC1(C)CCCC(C)(C)N1OC(=O)c1ccccc1-c1ccccc1. The molecule has 1 fully saturated rings. The number of nitrogens with zero attached hydrogens (tertiary/aromatic N) is 1. The van der Waals surface area contributed by atoms with Crippen molar-refractivity contribution < 1.29 is 9.63 Å². The van der Waals surface area contributed by atoms with Crippen molar-refractivity contribution in [2.75, 3.05) is 0 Å². The molecule has 1 aliphatic heterocycles. The largest absolute Gasteiger partial charge is 0.363 e. The van der Waals surface area contributed by atoms with Gasteiger partial charge in [0, 0.05) is 0 Å². The van der Waals surface area contributed by atoms with Crippen molar-refractivity contribution in [2.24, 2.45) is 0 Å². The summed E-state index contributed by atoms with van der Waals surface area (Å²) in [7, 11) is 0. The smallest absolute Gasteiger partial charge is 0.357 e. The van der Waals surface area contributed by atoms with Crippen molar-refractivity contribution in [3.05, 3.63) is 60.2 Å². The first kappa shape index (κ1) is 17.7. The number of carbonyl (C=O) groups excluding carboxylic acids is 1. The highest BCUT2D eigenvalue weighted by atomic mass is 16.7. The van der Waals surface area contributed by atoms with Crippen molar-refractivity contribution in [2.45, 2.75) is 58.0 Å². The minimum Gasteiger partial charge on any atom is -0.363 e. The molecule has 2 aromatic carbocycles. The van der Waals surface area contributed by atoms with Crippen LogP contribution in [0.1, 0.15) is 57.3 Å². The Balaban J connectivity index is 1.92. The van der Waals surface area contributed by atoms with Crippen LogP contribution in [0, 0.1) is 0 Å². The number of rotatable bonds is 3. The molecule has 0 radical (unpaired) electrons. The topological polar surface area (TPSA) is 29.5 Å². The zero-order valence-electron chi connectivity index (χ0n) is 15.6. The summed E-state index contributed by atoms with van der Waals surface area (Å²) in [6, 6.07) is 17.6. The first-order valence-corrected chi connectivity index (χ1v) is 8.98. The maximum Gasteiger partial charge on any atom is 0.357 e. The van der Waals surface area contributed by atoms with E-state index in [1.165, 1.54) is 0 Å². The van der Waals surface area contributed by atoms with Gasteiger partial charge in [-0.2, -0.15) is 0 Å². The monoisotopic (exact) mass is 337 g/mol. The van der Waals surface area contributed by atoms with E-state index in [1.807, 2.05) is 59.7 Å². The van der Waals surface area contributed by atoms with E-state index in [1.54, 1.807) is 0 Å². The summed E-state index contributed by atoms with van der Waals surface area (Å²) in [5, 5.41) is 1.91. The van der Waals surface area contributed by atoms with E-state index in [9.17, 15) is 4.79 Å². The Hall–Kier alpha value is -2.13. The lowest BCUT2D eigenvalue weighted by Gasteiger charge is -2.50. The van der Waals surface area contributed by atoms with Gasteiger partial charge in [0.2, 0.25) is 0 Å². The Kier molecular flexibility index (Phi) is 4.70. The lowest BCUT2D eigenvalue weighted by Crippen LogP contribution is -2.58. The van der Waals surface area contributed by atoms with Crippen molar-refractivity contribution in [1.82, 2.24) is 5.06 Å². The van der Waals surface area contributed by atoms with Crippen LogP contribution in [0.4, 0.5) is 0 Å². The van der Waals surface area contributed by atoms with E-state index in [0.717, 1.165) is 30.4 Å². The van der Waals surface area contributed by atoms with E-state index in [4.69, 9.17) is 4.84 Å². The van der Waals surface area contributed by atoms with Gasteiger partial charge in [-0.05, 0) is 64.2 Å². The van der Waals surface area contributed by atoms with E-state index in [2.05, 4.69) is 27.7 Å². The molecule has 3 heteroatoms. The van der Waals surface area contributed by atoms with Crippen LogP contribution in [-0.4, -0.2) is 22.1 Å². The Morgan fingerprint density at radius 3 is 2.08 bits per heavy atom. The molecule has 0 unspecified atom stereocenters. The van der Waals surface area contributed by atoms with Gasteiger partial charge in [-0.1, -0.05) is 48.5 Å². The molecule has 3 nitrogen and oxygen atoms in total. The summed E-state index contributed by atoms with van der Waals surface area (Å²) in [5.41, 5.74) is 2.19. The second kappa shape index (κ2) is 6.64. The summed E-state index contributed by atoms with van der Waals surface area (Å²) >= 11 is 0. The Bertz CT molecular complexity index is 734. The molecule has 1 aliphatic rings. The summed E-state index contributed by atoms with van der Waals surface area (Å²) in [4.78, 5) is 19.0. The molecule has 0 aromatic heterocycles. The Morgan fingerprint density at radius 2 is 1.44 bits per heavy atom. The van der Waals surface area contributed by atoms with Gasteiger partial charge in [0.05, 0.1) is 16.6 Å². The zero-order valence-corrected chi connectivity index (χ0v) is 15.6. The number of carbonyl (C=O) groups is 1. The minimum atomic E-state index is -0.289. The van der Waals surface area contributed by atoms with E-state index in [-0.39, 0.29) is 17.0 Å². The highest BCUT2D eigenvalue weighted by molar-refractivity contribution is 5.97. The van der Waals surface area contributed by atoms with Gasteiger partial charge in [-0.3, -0.25) is 0 Å². The van der Waals surface area contributed by atoms with Crippen LogP contribution in [0.3, 0.4) is 0 Å². The molecule has 25 heavy (non-hydrogen) atoms. The number of hydrogen-bond donors (Lipinski definition) is 0. The molecular weight excluding hydrogens is 310 g/mol. The summed E-state index contributed by atoms with van der Waals surface area (Å²) < 4.78 is 0. The maximum absolute atomic E-state index is 13.0. The number of piperidine rings is 1. The third kappa shape index (κ3) is 3.62. The van der Waals surface area contributed by atoms with Crippen LogP contribution in [-0.2, 0) is 4.84 Å². The van der Waals surface area contributed by atoms with Gasteiger partial charge < -0.3 is 4.84 Å². The standard InChI is InChI=1S/C22H27NO2/c1-21(2)15-10-16-22(3,4)23(21)25-20(24)19-14-9-8-13-18(19)17-11-6-5-7-12-17/h5-9,11-14H,10,15-16H2,1-4H3. The van der Waals surface area contributed by atoms with Crippen LogP contribution in [0.5, 0.6) is 0 Å². The number of hydroxylamine groups is 2. The number of benzene rings is 2. The molecule has 0 bridgehead atoms. The molecule has 2 aromatic rings. The Labute approximate surface area is 150 Å². The first-order chi connectivity index (χ1) is 11.8. The molecule has 0 aliphatic carbocycles. The molecule has 1 saturated heterocycles. The molecule has 132 valence electrons. The third-order valence-corrected chi connectivity index (χ3v) is 5.08. The quantitative estimate of drug-likeness (QED) is 0.744. The minimum absolute atomic E-state index is 0.168. The lowest BCUT2D eigenvalue weighted by molar-refractivity contribution is -0.240. The van der Waals surface area contributed by atoms with Crippen molar-refractivity contribution in [3.8, 4) is 11.1 Å². The van der Waals surface area contributed by atoms with Gasteiger partial charge in [-0.25, -0.2) is 4.79 Å². The fourth-order valence-electron chi connectivity index (χ4n) is 3.89. The molecule has 0 saturated carbocycles. The first-order valence-electron chi connectivity index (χ1n) is 8.98. The Morgan fingerprint density at radius 1 is 0.880 bits per heavy atom. The normalized spacial score (nSPS) is 19.4. The second-order valence-electron chi connectivity index (χ2n) is 8.06. The number of hydrogen-bond acceptors (Lipinski definition) is 3. The van der Waals surface area contributed by atoms with Crippen LogP contribution in [0.25, 0.3) is 11.1 Å². The van der Waals surface area contributed by atoms with E-state index < -0.39 is 0 Å². The van der Waals surface area contributed by atoms with E-state index in [0.29, 0.717) is 5.56 Å². The van der Waals surface area contributed by atoms with Gasteiger partial charge in [0.25, 0.3) is 0 Å². The van der Waals surface area contributed by atoms with E-state index >= 15 is 0 Å². The second-order valence-corrected chi connectivity index (χ2v) is 8.06. The molecule has 0 amide bonds. The fourth-order valence-corrected chi connectivity index (χ4v) is 3.89. The van der Waals surface area contributed by atoms with Crippen LogP contribution in [0.2, 0.25) is 0 Å². The van der Waals surface area contributed by atoms with Crippen LogP contribution < -0.4 is 0 Å². The fraction of sp³-hybridized carbons (Fsp3) is 0.409. The van der Waals surface area contributed by atoms with Gasteiger partial charge >= 0.3 is 5.97 Å². The average Bonchev–Trinajstić information content (AvgIpc) is 2.58. The molecule has 0 spiro atoms. The average molecular weight is 337 g/mol. The molecule has 3 rings (SSSR count). The summed E-state index contributed by atoms with van der Waals surface area (Å²) in [6.07, 6.45) is 3.18. The van der Waals surface area contributed by atoms with Crippen LogP contribution in [0.15, 0.2) is 54.6 Å². The zero-order chi connectivity index (χ0) is 18.1. The summed E-state index contributed by atoms with van der Waals surface area (Å²) in [6.45, 7) is 8.57. The molecule has 0 atom stereocenters. The predicted molar refractivity (Wildman–Crippen MR) is 101 cm³/mol. The van der Waals surface area contributed by atoms with Gasteiger partial charge in [-0.15, -0.1) is 5.06 Å². The predicted octanol–water partition coefficient (Wildman–Crippen LogP) is 5.47. The molecule has 0 N–H and O–H groups in total. The van der Waals surface area contributed by atoms with Crippen molar-refractivity contribution in [3.63, 3.8) is 0 Å². The van der Waals surface area contributed by atoms with Crippen LogP contribution >= 0.6 is 0 Å². The van der Waals surface area contributed by atoms with Crippen molar-refractivity contribution >= 4 is 5.97 Å².